The lowest BCUT2D eigenvalue weighted by Crippen LogP contribution is -2.34. The van der Waals surface area contributed by atoms with Crippen molar-refractivity contribution in [2.75, 3.05) is 13.2 Å². The molecule has 0 radical (unpaired) electrons. The number of nitrogens with one attached hydrogen (secondary N) is 1. The second-order valence-corrected chi connectivity index (χ2v) is 3.41. The van der Waals surface area contributed by atoms with Gasteiger partial charge in [-0.05, 0) is 26.7 Å². The summed E-state index contributed by atoms with van der Waals surface area (Å²) in [7, 11) is 0. The Kier molecular flexibility index (Phi) is 4.02. The van der Waals surface area contributed by atoms with Crippen LogP contribution in [0.2, 0.25) is 0 Å². The second kappa shape index (κ2) is 5.07. The molecule has 0 aromatic rings. The first-order valence-corrected chi connectivity index (χ1v) is 4.90. The summed E-state index contributed by atoms with van der Waals surface area (Å²) in [6, 6.07) is 0.575. The smallest absolute Gasteiger partial charge is 0.188 e. The zero-order valence-corrected chi connectivity index (χ0v) is 8.42. The van der Waals surface area contributed by atoms with E-state index in [4.69, 9.17) is 10.5 Å². The van der Waals surface area contributed by atoms with Crippen molar-refractivity contribution in [1.29, 1.82) is 0 Å². The Labute approximate surface area is 79.6 Å². The summed E-state index contributed by atoms with van der Waals surface area (Å²) in [5.74, 6) is 0.550. The van der Waals surface area contributed by atoms with E-state index in [-0.39, 0.29) is 6.10 Å². The van der Waals surface area contributed by atoms with Gasteiger partial charge in [-0.2, -0.15) is 0 Å². The van der Waals surface area contributed by atoms with Crippen LogP contribution in [0.15, 0.2) is 4.99 Å². The molecule has 0 saturated heterocycles. The van der Waals surface area contributed by atoms with Crippen LogP contribution in [0.5, 0.6) is 0 Å². The van der Waals surface area contributed by atoms with Crippen molar-refractivity contribution in [1.82, 2.24) is 5.32 Å². The van der Waals surface area contributed by atoms with Crippen LogP contribution in [0.4, 0.5) is 0 Å². The van der Waals surface area contributed by atoms with Crippen molar-refractivity contribution >= 4 is 5.96 Å². The van der Waals surface area contributed by atoms with E-state index in [1.54, 1.807) is 0 Å². The maximum absolute atomic E-state index is 5.64. The van der Waals surface area contributed by atoms with Crippen molar-refractivity contribution in [2.24, 2.45) is 10.7 Å². The minimum absolute atomic E-state index is 0.157. The van der Waals surface area contributed by atoms with Gasteiger partial charge in [-0.1, -0.05) is 0 Å². The van der Waals surface area contributed by atoms with Crippen LogP contribution >= 0.6 is 0 Å². The highest BCUT2D eigenvalue weighted by molar-refractivity contribution is 5.78. The number of guanidine groups is 1. The highest BCUT2D eigenvalue weighted by Crippen LogP contribution is 2.17. The first-order valence-electron chi connectivity index (χ1n) is 4.90. The lowest BCUT2D eigenvalue weighted by molar-refractivity contribution is 0.0829. The molecule has 0 aliphatic heterocycles. The fourth-order valence-corrected chi connectivity index (χ4v) is 1.05. The van der Waals surface area contributed by atoms with Crippen molar-refractivity contribution in [3.8, 4) is 0 Å². The van der Waals surface area contributed by atoms with Gasteiger partial charge in [0.05, 0.1) is 12.6 Å². The number of aliphatic imine (C=N–C) groups is 1. The number of nitrogens with zero attached hydrogens (tertiary/aromatic N) is 1. The molecule has 3 N–H and O–H groups in total. The lowest BCUT2D eigenvalue weighted by atomic mass is 10.4. The average Bonchev–Trinajstić information content (AvgIpc) is 2.85. The molecule has 13 heavy (non-hydrogen) atoms. The minimum atomic E-state index is 0.157. The van der Waals surface area contributed by atoms with Gasteiger partial charge in [-0.15, -0.1) is 0 Å². The van der Waals surface area contributed by atoms with E-state index in [9.17, 15) is 0 Å². The SMILES string of the molecule is CCOC(C)CN=C(N)NC1CC1. The topological polar surface area (TPSA) is 59.6 Å². The molecule has 1 aliphatic rings. The summed E-state index contributed by atoms with van der Waals surface area (Å²) in [5.41, 5.74) is 5.64. The summed E-state index contributed by atoms with van der Waals surface area (Å²) in [4.78, 5) is 4.18. The largest absolute Gasteiger partial charge is 0.377 e. The number of rotatable bonds is 5. The van der Waals surface area contributed by atoms with E-state index in [1.807, 2.05) is 13.8 Å². The molecule has 1 rings (SSSR count). The number of hydrogen-bond acceptors (Lipinski definition) is 2. The Morgan fingerprint density at radius 3 is 2.92 bits per heavy atom. The third-order valence-corrected chi connectivity index (χ3v) is 1.90. The molecule has 0 bridgehead atoms. The molecule has 0 heterocycles. The Bertz CT molecular complexity index is 178. The number of nitrogens with two attached hydrogens (primary N) is 1. The van der Waals surface area contributed by atoms with Gasteiger partial charge in [0.25, 0.3) is 0 Å². The van der Waals surface area contributed by atoms with Crippen molar-refractivity contribution < 1.29 is 4.74 Å². The van der Waals surface area contributed by atoms with E-state index in [0.717, 1.165) is 6.61 Å². The third kappa shape index (κ3) is 4.72. The van der Waals surface area contributed by atoms with E-state index < -0.39 is 0 Å². The normalized spacial score (nSPS) is 20.0. The average molecular weight is 185 g/mol. The van der Waals surface area contributed by atoms with Crippen LogP contribution in [-0.4, -0.2) is 31.3 Å². The Morgan fingerprint density at radius 2 is 2.38 bits per heavy atom. The van der Waals surface area contributed by atoms with Crippen LogP contribution in [-0.2, 0) is 4.74 Å². The van der Waals surface area contributed by atoms with Crippen molar-refractivity contribution in [3.63, 3.8) is 0 Å². The molecular weight excluding hydrogens is 166 g/mol. The van der Waals surface area contributed by atoms with Crippen molar-refractivity contribution in [2.45, 2.75) is 38.8 Å². The highest BCUT2D eigenvalue weighted by atomic mass is 16.5. The summed E-state index contributed by atoms with van der Waals surface area (Å²) < 4.78 is 5.32. The van der Waals surface area contributed by atoms with Crippen LogP contribution in [0.25, 0.3) is 0 Å². The molecule has 0 spiro atoms. The highest BCUT2D eigenvalue weighted by Gasteiger charge is 2.21. The maximum atomic E-state index is 5.64. The van der Waals surface area contributed by atoms with Gasteiger partial charge >= 0.3 is 0 Å². The van der Waals surface area contributed by atoms with Crippen LogP contribution in [0.3, 0.4) is 0 Å². The lowest BCUT2D eigenvalue weighted by Gasteiger charge is -2.09. The molecule has 1 aliphatic carbocycles. The van der Waals surface area contributed by atoms with Gasteiger partial charge in [0.15, 0.2) is 5.96 Å². The molecule has 4 heteroatoms. The zero-order valence-electron chi connectivity index (χ0n) is 8.42. The monoisotopic (exact) mass is 185 g/mol. The van der Waals surface area contributed by atoms with Crippen LogP contribution < -0.4 is 11.1 Å². The fourth-order valence-electron chi connectivity index (χ4n) is 1.05. The molecule has 1 saturated carbocycles. The summed E-state index contributed by atoms with van der Waals surface area (Å²) >= 11 is 0. The van der Waals surface area contributed by atoms with Crippen LogP contribution in [0, 0.1) is 0 Å². The first-order chi connectivity index (χ1) is 6.22. The predicted molar refractivity (Wildman–Crippen MR) is 53.7 cm³/mol. The van der Waals surface area contributed by atoms with Gasteiger partial charge in [-0.3, -0.25) is 4.99 Å². The van der Waals surface area contributed by atoms with Gasteiger partial charge in [0.2, 0.25) is 0 Å². The zero-order chi connectivity index (χ0) is 9.68. The molecule has 0 amide bonds. The summed E-state index contributed by atoms with van der Waals surface area (Å²) in [6.45, 7) is 5.34. The van der Waals surface area contributed by atoms with E-state index >= 15 is 0 Å². The third-order valence-electron chi connectivity index (χ3n) is 1.90. The van der Waals surface area contributed by atoms with Gasteiger partial charge in [-0.25, -0.2) is 0 Å². The van der Waals surface area contributed by atoms with Gasteiger partial charge in [0, 0.05) is 12.6 Å². The Hall–Kier alpha value is -0.770. The summed E-state index contributed by atoms with van der Waals surface area (Å²) in [6.07, 6.45) is 2.60. The van der Waals surface area contributed by atoms with E-state index in [2.05, 4.69) is 10.3 Å². The molecule has 1 atom stereocenters. The molecule has 76 valence electrons. The summed E-state index contributed by atoms with van der Waals surface area (Å²) in [5, 5.41) is 3.12. The number of ether oxygens (including phenoxy) is 1. The quantitative estimate of drug-likeness (QED) is 0.484. The molecule has 1 unspecified atom stereocenters. The van der Waals surface area contributed by atoms with E-state index in [1.165, 1.54) is 12.8 Å². The molecule has 4 nitrogen and oxygen atoms in total. The molecule has 1 fully saturated rings. The standard InChI is InChI=1S/C9H19N3O/c1-3-13-7(2)6-11-9(10)12-8-4-5-8/h7-8H,3-6H2,1-2H3,(H3,10,11,12). The molecule has 0 aromatic carbocycles. The van der Waals surface area contributed by atoms with Gasteiger partial charge in [0.1, 0.15) is 0 Å². The van der Waals surface area contributed by atoms with E-state index in [0.29, 0.717) is 18.5 Å². The Balaban J connectivity index is 2.12. The Morgan fingerprint density at radius 1 is 1.69 bits per heavy atom. The van der Waals surface area contributed by atoms with Gasteiger partial charge < -0.3 is 15.8 Å². The van der Waals surface area contributed by atoms with Crippen molar-refractivity contribution in [3.05, 3.63) is 0 Å². The molecule has 0 aromatic heterocycles. The van der Waals surface area contributed by atoms with Crippen LogP contribution in [0.1, 0.15) is 26.7 Å². The first kappa shape index (κ1) is 10.3. The second-order valence-electron chi connectivity index (χ2n) is 3.41. The maximum Gasteiger partial charge on any atom is 0.188 e. The number of hydrogen-bond donors (Lipinski definition) is 2. The predicted octanol–water partition coefficient (Wildman–Crippen LogP) is 0.478. The minimum Gasteiger partial charge on any atom is -0.377 e. The molecular formula is C9H19N3O. The fraction of sp³-hybridized carbons (Fsp3) is 0.889.